The van der Waals surface area contributed by atoms with Crippen LogP contribution in [0.4, 0.5) is 0 Å². The van der Waals surface area contributed by atoms with Crippen molar-refractivity contribution in [1.82, 2.24) is 5.32 Å². The zero-order valence-electron chi connectivity index (χ0n) is 11.3. The summed E-state index contributed by atoms with van der Waals surface area (Å²) in [7, 11) is 0. The summed E-state index contributed by atoms with van der Waals surface area (Å²) in [6.45, 7) is 1.61. The van der Waals surface area contributed by atoms with Crippen molar-refractivity contribution < 1.29 is 15.0 Å². The Morgan fingerprint density at radius 1 is 1.05 bits per heavy atom. The van der Waals surface area contributed by atoms with E-state index in [0.717, 1.165) is 44.2 Å². The van der Waals surface area contributed by atoms with Gasteiger partial charge in [-0.05, 0) is 25.5 Å². The number of unbranched alkanes of at least 4 members (excludes halogenated alkanes) is 4. The van der Waals surface area contributed by atoms with Crippen molar-refractivity contribution in [3.8, 4) is 5.75 Å². The fraction of sp³-hybridized carbons (Fsp3) is 0.533. The molecule has 0 heterocycles. The number of phenols is 1. The molecule has 1 aromatic carbocycles. The van der Waals surface area contributed by atoms with Gasteiger partial charge in [0.05, 0.1) is 0 Å². The van der Waals surface area contributed by atoms with Gasteiger partial charge in [0.2, 0.25) is 0 Å². The molecule has 0 bridgehead atoms. The summed E-state index contributed by atoms with van der Waals surface area (Å²) in [5, 5.41) is 21.4. The molecule has 0 unspecified atom stereocenters. The first-order chi connectivity index (χ1) is 9.20. The van der Waals surface area contributed by atoms with E-state index >= 15 is 0 Å². The van der Waals surface area contributed by atoms with Crippen LogP contribution in [0.15, 0.2) is 24.3 Å². The van der Waals surface area contributed by atoms with Crippen molar-refractivity contribution in [2.45, 2.75) is 45.1 Å². The van der Waals surface area contributed by atoms with E-state index < -0.39 is 5.97 Å². The molecule has 0 radical (unpaired) electrons. The molecule has 0 atom stereocenters. The number of carboxylic acid groups (broad SMARTS) is 1. The molecule has 0 aromatic heterocycles. The van der Waals surface area contributed by atoms with Crippen molar-refractivity contribution >= 4 is 35.5 Å². The van der Waals surface area contributed by atoms with Gasteiger partial charge < -0.3 is 15.5 Å². The Balaban J connectivity index is 0.00000361. The molecule has 5 heteroatoms. The topological polar surface area (TPSA) is 69.6 Å². The number of nitrogens with one attached hydrogen (secondary N) is 1. The molecule has 0 saturated carbocycles. The summed E-state index contributed by atoms with van der Waals surface area (Å²) in [5.41, 5.74) is 0.920. The molecule has 3 N–H and O–H groups in total. The van der Waals surface area contributed by atoms with E-state index in [1.807, 2.05) is 18.2 Å². The summed E-state index contributed by atoms with van der Waals surface area (Å²) in [6.07, 6.45) is 5.34. The summed E-state index contributed by atoms with van der Waals surface area (Å²) in [6, 6.07) is 7.34. The third kappa shape index (κ3) is 9.37. The molecular formula is C15H24NNaO3. The predicted molar refractivity (Wildman–Crippen MR) is 82.3 cm³/mol. The maximum atomic E-state index is 10.3. The zero-order valence-corrected chi connectivity index (χ0v) is 11.3. The molecule has 0 aliphatic heterocycles. The standard InChI is InChI=1S/C15H23NO3.Na.H/c17-14-9-6-5-8-13(14)12-16-11-7-3-1-2-4-10-15(18)19;;/h5-6,8-9,16-17H,1-4,7,10-12H2,(H,18,19);;. The number of aliphatic carboxylic acids is 1. The first-order valence-electron chi connectivity index (χ1n) is 6.89. The van der Waals surface area contributed by atoms with Gasteiger partial charge in [0, 0.05) is 18.5 Å². The van der Waals surface area contributed by atoms with Gasteiger partial charge in [0.15, 0.2) is 0 Å². The zero-order chi connectivity index (χ0) is 13.9. The normalized spacial score (nSPS) is 10.0. The average Bonchev–Trinajstić information content (AvgIpc) is 2.38. The van der Waals surface area contributed by atoms with E-state index in [0.29, 0.717) is 12.3 Å². The van der Waals surface area contributed by atoms with Gasteiger partial charge in [-0.2, -0.15) is 0 Å². The quantitative estimate of drug-likeness (QED) is 0.456. The Kier molecular flexibility index (Phi) is 11.9. The molecule has 108 valence electrons. The first-order valence-corrected chi connectivity index (χ1v) is 6.89. The fourth-order valence-electron chi connectivity index (χ4n) is 1.94. The first kappa shape index (κ1) is 19.4. The number of aromatic hydroxyl groups is 1. The average molecular weight is 289 g/mol. The Morgan fingerprint density at radius 2 is 1.70 bits per heavy atom. The Hall–Kier alpha value is -0.550. The number of hydrogen-bond acceptors (Lipinski definition) is 3. The number of phenolic OH excluding ortho intramolecular Hbond substituents is 1. The predicted octanol–water partition coefficient (Wildman–Crippen LogP) is 2.26. The van der Waals surface area contributed by atoms with Crippen LogP contribution in [0.5, 0.6) is 5.75 Å². The Labute approximate surface area is 142 Å². The van der Waals surface area contributed by atoms with Gasteiger partial charge in [-0.3, -0.25) is 4.79 Å². The second-order valence-corrected chi connectivity index (χ2v) is 4.72. The van der Waals surface area contributed by atoms with Crippen LogP contribution >= 0.6 is 0 Å². The molecule has 0 amide bonds. The van der Waals surface area contributed by atoms with Gasteiger partial charge in [0.1, 0.15) is 5.75 Å². The molecule has 1 rings (SSSR count). The van der Waals surface area contributed by atoms with Crippen molar-refractivity contribution in [2.24, 2.45) is 0 Å². The summed E-state index contributed by atoms with van der Waals surface area (Å²) in [5.74, 6) is -0.368. The van der Waals surface area contributed by atoms with E-state index in [-0.39, 0.29) is 36.0 Å². The third-order valence-electron chi connectivity index (χ3n) is 3.05. The van der Waals surface area contributed by atoms with Crippen molar-refractivity contribution in [2.75, 3.05) is 6.54 Å². The molecule has 0 aliphatic carbocycles. The van der Waals surface area contributed by atoms with E-state index in [9.17, 15) is 9.90 Å². The van der Waals surface area contributed by atoms with Crippen molar-refractivity contribution in [3.63, 3.8) is 0 Å². The van der Waals surface area contributed by atoms with Crippen LogP contribution in [0.1, 0.15) is 44.1 Å². The summed E-state index contributed by atoms with van der Waals surface area (Å²) >= 11 is 0. The number of para-hydroxylation sites is 1. The van der Waals surface area contributed by atoms with Crippen LogP contribution in [0, 0.1) is 0 Å². The van der Waals surface area contributed by atoms with E-state index in [1.165, 1.54) is 0 Å². The van der Waals surface area contributed by atoms with Crippen LogP contribution in [0.3, 0.4) is 0 Å². The van der Waals surface area contributed by atoms with E-state index in [4.69, 9.17) is 5.11 Å². The monoisotopic (exact) mass is 289 g/mol. The Bertz CT molecular complexity index is 385. The van der Waals surface area contributed by atoms with Crippen LogP contribution in [0.25, 0.3) is 0 Å². The number of hydrogen-bond donors (Lipinski definition) is 3. The molecule has 1 aromatic rings. The van der Waals surface area contributed by atoms with Crippen LogP contribution in [-0.2, 0) is 11.3 Å². The molecule has 20 heavy (non-hydrogen) atoms. The van der Waals surface area contributed by atoms with E-state index in [1.54, 1.807) is 6.07 Å². The Morgan fingerprint density at radius 3 is 2.40 bits per heavy atom. The number of carboxylic acids is 1. The molecule has 0 spiro atoms. The second-order valence-electron chi connectivity index (χ2n) is 4.72. The summed E-state index contributed by atoms with van der Waals surface area (Å²) in [4.78, 5) is 10.3. The van der Waals surface area contributed by atoms with Gasteiger partial charge in [0.25, 0.3) is 0 Å². The number of rotatable bonds is 10. The number of carbonyl (C=O) groups is 1. The molecule has 0 fully saturated rings. The van der Waals surface area contributed by atoms with E-state index in [2.05, 4.69) is 5.32 Å². The van der Waals surface area contributed by atoms with Gasteiger partial charge in [-0.25, -0.2) is 0 Å². The third-order valence-corrected chi connectivity index (χ3v) is 3.05. The van der Waals surface area contributed by atoms with Crippen LogP contribution < -0.4 is 5.32 Å². The van der Waals surface area contributed by atoms with Crippen LogP contribution in [0.2, 0.25) is 0 Å². The molecular weight excluding hydrogens is 265 g/mol. The van der Waals surface area contributed by atoms with Gasteiger partial charge >= 0.3 is 35.5 Å². The minimum absolute atomic E-state index is 0. The van der Waals surface area contributed by atoms with Crippen LogP contribution in [-0.4, -0.2) is 52.3 Å². The SMILES string of the molecule is O=C(O)CCCCCCCNCc1ccccc1O.[NaH]. The van der Waals surface area contributed by atoms with Crippen molar-refractivity contribution in [3.05, 3.63) is 29.8 Å². The molecule has 0 aliphatic rings. The summed E-state index contributed by atoms with van der Waals surface area (Å²) < 4.78 is 0. The van der Waals surface area contributed by atoms with Gasteiger partial charge in [-0.1, -0.05) is 37.5 Å². The molecule has 4 nitrogen and oxygen atoms in total. The number of benzene rings is 1. The molecule has 0 saturated heterocycles. The fourth-order valence-corrected chi connectivity index (χ4v) is 1.94. The second kappa shape index (κ2) is 12.2. The van der Waals surface area contributed by atoms with Gasteiger partial charge in [-0.15, -0.1) is 0 Å². The van der Waals surface area contributed by atoms with Crippen molar-refractivity contribution in [1.29, 1.82) is 0 Å². The minimum atomic E-state index is -0.704. The maximum absolute atomic E-state index is 10.3.